The molecule has 6 heavy (non-hydrogen) atoms. The van der Waals surface area contributed by atoms with E-state index >= 15 is 0 Å². The average Bonchev–Trinajstić information content (AvgIpc) is 1.00. The predicted octanol–water partition coefficient (Wildman–Crippen LogP) is -3.17. The Morgan fingerprint density at radius 1 is 0.667 bits per heavy atom. The van der Waals surface area contributed by atoms with Crippen molar-refractivity contribution in [2.45, 2.75) is 0 Å². The summed E-state index contributed by atoms with van der Waals surface area (Å²) in [5, 5.41) is 0. The third-order valence-corrected chi connectivity index (χ3v) is 0. The van der Waals surface area contributed by atoms with Crippen molar-refractivity contribution in [3.63, 3.8) is 0 Å². The Morgan fingerprint density at radius 3 is 0.667 bits per heavy atom. The summed E-state index contributed by atoms with van der Waals surface area (Å²) in [4.78, 5) is 0. The Kier molecular flexibility index (Phi) is 233000. The van der Waals surface area contributed by atoms with Crippen molar-refractivity contribution in [1.29, 1.82) is 0 Å². The third kappa shape index (κ3) is 4820. The molecule has 0 aromatic heterocycles. The van der Waals surface area contributed by atoms with Crippen molar-refractivity contribution in [3.8, 4) is 0 Å². The van der Waals surface area contributed by atoms with Gasteiger partial charge in [-0.1, -0.05) is 0 Å². The number of hydrogen-bond donors (Lipinski definition) is 1. The highest BCUT2D eigenvalue weighted by molar-refractivity contribution is 6.04. The van der Waals surface area contributed by atoms with Gasteiger partial charge in [0.05, 0.1) is 11.9 Å². The van der Waals surface area contributed by atoms with E-state index in [0.29, 0.717) is 0 Å². The predicted molar refractivity (Wildman–Crippen MR) is 22.5 cm³/mol. The first-order valence-electron chi connectivity index (χ1n) is 0.169. The summed E-state index contributed by atoms with van der Waals surface area (Å²) >= 11 is 3.64. The lowest BCUT2D eigenvalue weighted by Crippen LogP contribution is -0.913. The SMILES string of the molecule is O.O.O.O.OCl. The van der Waals surface area contributed by atoms with Gasteiger partial charge >= 0.3 is 0 Å². The van der Waals surface area contributed by atoms with Crippen LogP contribution in [0.5, 0.6) is 0 Å². The first-order chi connectivity index (χ1) is 1.00. The lowest BCUT2D eigenvalue weighted by atomic mass is 15.9. The van der Waals surface area contributed by atoms with E-state index in [2.05, 4.69) is 11.9 Å². The zero-order valence-electron chi connectivity index (χ0n) is 2.83. The Labute approximate surface area is 39.6 Å². The standard InChI is InChI=1S/ClHO.4H2O/c1-2;;;;/h2H;4*1H2. The second kappa shape index (κ2) is 10500. The van der Waals surface area contributed by atoms with E-state index < -0.39 is 0 Å². The molecule has 9 N–H and O–H groups in total. The summed E-state index contributed by atoms with van der Waals surface area (Å²) in [5.74, 6) is 0. The van der Waals surface area contributed by atoms with Crippen molar-refractivity contribution in [2.75, 3.05) is 0 Å². The fraction of sp³-hybridized carbons (Fsp3) is 0. The van der Waals surface area contributed by atoms with Gasteiger partial charge in [-0.25, -0.2) is 0 Å². The van der Waals surface area contributed by atoms with E-state index in [1.165, 1.54) is 0 Å². The van der Waals surface area contributed by atoms with Crippen molar-refractivity contribution < 1.29 is 26.6 Å². The summed E-state index contributed by atoms with van der Waals surface area (Å²) < 4.78 is 6.47. The molecule has 0 aliphatic heterocycles. The van der Waals surface area contributed by atoms with Gasteiger partial charge in [-0.15, -0.1) is 0 Å². The molecule has 0 radical (unpaired) electrons. The third-order valence-electron chi connectivity index (χ3n) is 0. The Balaban J connectivity index is -0.000000000833. The average molecular weight is 125 g/mol. The molecule has 0 unspecified atom stereocenters. The van der Waals surface area contributed by atoms with Crippen LogP contribution in [0.2, 0.25) is 0 Å². The molecule has 0 aromatic carbocycles. The minimum Gasteiger partial charge on any atom is -0.412 e. The van der Waals surface area contributed by atoms with Crippen LogP contribution in [0.3, 0.4) is 0 Å². The summed E-state index contributed by atoms with van der Waals surface area (Å²) in [7, 11) is 0. The van der Waals surface area contributed by atoms with E-state index in [1.54, 1.807) is 0 Å². The fourth-order valence-electron chi connectivity index (χ4n) is 0. The fourth-order valence-corrected chi connectivity index (χ4v) is 0. The van der Waals surface area contributed by atoms with Gasteiger partial charge in [0.1, 0.15) is 0 Å². The summed E-state index contributed by atoms with van der Waals surface area (Å²) in [6.07, 6.45) is 0. The highest BCUT2D eigenvalue weighted by Crippen LogP contribution is 1.31. The molecule has 0 fully saturated rings. The van der Waals surface area contributed by atoms with Crippen LogP contribution in [0.4, 0.5) is 0 Å². The zero-order valence-corrected chi connectivity index (χ0v) is 3.58. The molecule has 0 aromatic rings. The van der Waals surface area contributed by atoms with Gasteiger partial charge in [0.15, 0.2) is 0 Å². The molecule has 0 heterocycles. The molecule has 0 saturated heterocycles. The van der Waals surface area contributed by atoms with Gasteiger partial charge in [-0.05, 0) is 0 Å². The molecule has 0 amide bonds. The van der Waals surface area contributed by atoms with Crippen LogP contribution in [0.15, 0.2) is 0 Å². The highest BCUT2D eigenvalue weighted by atomic mass is 35.5. The maximum absolute atomic E-state index is 6.47. The molecule has 0 saturated carbocycles. The van der Waals surface area contributed by atoms with Crippen LogP contribution >= 0.6 is 11.9 Å². The van der Waals surface area contributed by atoms with E-state index in [1.807, 2.05) is 0 Å². The van der Waals surface area contributed by atoms with Crippen LogP contribution in [-0.4, -0.2) is 26.6 Å². The second-order valence-electron chi connectivity index (χ2n) is 0. The molecule has 0 rings (SSSR count). The van der Waals surface area contributed by atoms with Crippen molar-refractivity contribution in [1.82, 2.24) is 0 Å². The number of hydrogen-bond acceptors (Lipinski definition) is 1. The van der Waals surface area contributed by atoms with Gasteiger partial charge in [-0.2, -0.15) is 0 Å². The van der Waals surface area contributed by atoms with Crippen LogP contribution in [0.25, 0.3) is 0 Å². The van der Waals surface area contributed by atoms with Crippen molar-refractivity contribution >= 4 is 11.9 Å². The van der Waals surface area contributed by atoms with Crippen LogP contribution in [0.1, 0.15) is 0 Å². The molecule has 5 nitrogen and oxygen atoms in total. The molecule has 0 atom stereocenters. The maximum atomic E-state index is 6.47. The quantitative estimate of drug-likeness (QED) is 0.357. The van der Waals surface area contributed by atoms with Gasteiger partial charge in [0.25, 0.3) is 0 Å². The smallest absolute Gasteiger partial charge is 0.0579 e. The van der Waals surface area contributed by atoms with Crippen LogP contribution < -0.4 is 0 Å². The highest BCUT2D eigenvalue weighted by Gasteiger charge is 0.897. The summed E-state index contributed by atoms with van der Waals surface area (Å²) in [6.45, 7) is 0. The molecule has 0 aliphatic carbocycles. The van der Waals surface area contributed by atoms with Gasteiger partial charge in [-0.3, -0.25) is 4.66 Å². The molecule has 46 valence electrons. The van der Waals surface area contributed by atoms with Crippen LogP contribution in [-0.2, 0) is 0 Å². The van der Waals surface area contributed by atoms with E-state index in [4.69, 9.17) is 4.66 Å². The van der Waals surface area contributed by atoms with Gasteiger partial charge in [0.2, 0.25) is 0 Å². The Morgan fingerprint density at radius 2 is 0.667 bits per heavy atom. The monoisotopic (exact) mass is 124 g/mol. The summed E-state index contributed by atoms with van der Waals surface area (Å²) in [5.41, 5.74) is 0. The molecule has 6 heteroatoms. The molecule has 0 spiro atoms. The first-order valence-corrected chi connectivity index (χ1v) is 0.507. The van der Waals surface area contributed by atoms with E-state index in [9.17, 15) is 0 Å². The summed E-state index contributed by atoms with van der Waals surface area (Å²) in [6, 6.07) is 0. The Bertz CT molecular complexity index is 3.90. The minimum atomic E-state index is 0. The van der Waals surface area contributed by atoms with E-state index in [0.717, 1.165) is 0 Å². The minimum absolute atomic E-state index is 0. The lowest BCUT2D eigenvalue weighted by molar-refractivity contribution is 0.632. The van der Waals surface area contributed by atoms with Crippen molar-refractivity contribution in [3.05, 3.63) is 0 Å². The normalized spacial score (nSPS) is 1.00. The van der Waals surface area contributed by atoms with Crippen molar-refractivity contribution in [2.24, 2.45) is 0 Å². The number of rotatable bonds is 0. The lowest BCUT2D eigenvalue weighted by Gasteiger charge is -1.13. The molecular weight excluding hydrogens is 115 g/mol. The zero-order chi connectivity index (χ0) is 2.00. The molecule has 0 aliphatic rings. The largest absolute Gasteiger partial charge is 0.412 e. The Hall–Kier alpha value is 0.0900. The van der Waals surface area contributed by atoms with Crippen LogP contribution in [0, 0.1) is 0 Å². The first kappa shape index (κ1) is 133. The van der Waals surface area contributed by atoms with E-state index in [-0.39, 0.29) is 21.9 Å². The van der Waals surface area contributed by atoms with Gasteiger partial charge in [0, 0.05) is 0 Å². The van der Waals surface area contributed by atoms with Gasteiger partial charge < -0.3 is 21.9 Å². The molecule has 0 bridgehead atoms. The maximum Gasteiger partial charge on any atom is 0.0579 e. The second-order valence-corrected chi connectivity index (χ2v) is 0. The number of halogens is 1. The topological polar surface area (TPSA) is 146 Å². The molecular formula is H9ClO5.